The predicted octanol–water partition coefficient (Wildman–Crippen LogP) is 18.0. The van der Waals surface area contributed by atoms with Crippen LogP contribution in [0.1, 0.15) is 271 Å². The van der Waals surface area contributed by atoms with E-state index in [1.807, 2.05) is 0 Å². The number of carbonyl (C=O) groups excluding carboxylic acids is 3. The van der Waals surface area contributed by atoms with Crippen LogP contribution in [0.3, 0.4) is 0 Å². The van der Waals surface area contributed by atoms with E-state index in [1.54, 1.807) is 0 Å². The number of esters is 3. The Bertz CT molecular complexity index is 1170. The molecule has 1 atom stereocenters. The highest BCUT2D eigenvalue weighted by atomic mass is 16.6. The molecule has 0 spiro atoms. The Morgan fingerprint density at radius 3 is 0.984 bits per heavy atom. The van der Waals surface area contributed by atoms with E-state index < -0.39 is 6.10 Å². The molecule has 0 aromatic heterocycles. The highest BCUT2D eigenvalue weighted by Gasteiger charge is 2.19. The number of hydrogen-bond acceptors (Lipinski definition) is 6. The van der Waals surface area contributed by atoms with E-state index in [-0.39, 0.29) is 31.1 Å². The molecule has 0 aliphatic carbocycles. The Balaban J connectivity index is 4.40. The van der Waals surface area contributed by atoms with E-state index in [9.17, 15) is 14.4 Å². The largest absolute Gasteiger partial charge is 0.462 e. The van der Waals surface area contributed by atoms with Gasteiger partial charge in [0.2, 0.25) is 0 Å². The first kappa shape index (κ1) is 61.1. The first-order chi connectivity index (χ1) is 31.5. The van der Waals surface area contributed by atoms with Crippen LogP contribution in [-0.2, 0) is 28.6 Å². The maximum Gasteiger partial charge on any atom is 0.306 e. The first-order valence-corrected chi connectivity index (χ1v) is 27.3. The van der Waals surface area contributed by atoms with Gasteiger partial charge < -0.3 is 14.2 Å². The van der Waals surface area contributed by atoms with Crippen molar-refractivity contribution < 1.29 is 28.6 Å². The Kier molecular flexibility index (Phi) is 50.4. The summed E-state index contributed by atoms with van der Waals surface area (Å²) in [6.45, 7) is 6.50. The van der Waals surface area contributed by atoms with Crippen molar-refractivity contribution in [2.75, 3.05) is 13.2 Å². The summed E-state index contributed by atoms with van der Waals surface area (Å²) in [7, 11) is 0. The fourth-order valence-corrected chi connectivity index (χ4v) is 7.66. The molecule has 0 rings (SSSR count). The maximum absolute atomic E-state index is 12.8. The van der Waals surface area contributed by atoms with Gasteiger partial charge in [-0.05, 0) is 83.5 Å². The first-order valence-electron chi connectivity index (χ1n) is 27.3. The fourth-order valence-electron chi connectivity index (χ4n) is 7.66. The molecule has 0 aromatic rings. The van der Waals surface area contributed by atoms with Crippen molar-refractivity contribution >= 4 is 17.9 Å². The average Bonchev–Trinajstić information content (AvgIpc) is 3.29. The summed E-state index contributed by atoms with van der Waals surface area (Å²) in [6.07, 6.45) is 64.8. The summed E-state index contributed by atoms with van der Waals surface area (Å²) in [5.41, 5.74) is 0. The van der Waals surface area contributed by atoms with Gasteiger partial charge in [-0.15, -0.1) is 0 Å². The number of hydrogen-bond donors (Lipinski definition) is 0. The van der Waals surface area contributed by atoms with Crippen LogP contribution < -0.4 is 0 Å². The molecule has 0 aliphatic heterocycles. The number of ether oxygens (including phenoxy) is 3. The molecule has 6 nitrogen and oxygen atoms in total. The standard InChI is InChI=1S/C58H102O6/c1-4-7-10-13-16-19-22-25-28-29-31-33-36-39-42-45-48-51-57(60)63-54-55(53-62-56(59)50-47-44-41-38-35-32-27-24-21-18-15-12-9-6-3)64-58(61)52-49-46-43-40-37-34-30-26-23-20-17-14-11-8-5-2/h7,10,16-17,19-20,25-26,28,30,55H,4-6,8-9,11-15,18,21-24,27,29,31-54H2,1-3H3/b10-7-,19-16-,20-17-,28-25-,30-26-. The van der Waals surface area contributed by atoms with Crippen LogP contribution >= 0.6 is 0 Å². The zero-order chi connectivity index (χ0) is 46.5. The van der Waals surface area contributed by atoms with E-state index >= 15 is 0 Å². The molecule has 0 saturated carbocycles. The Morgan fingerprint density at radius 2 is 0.609 bits per heavy atom. The van der Waals surface area contributed by atoms with Crippen molar-refractivity contribution in [3.63, 3.8) is 0 Å². The number of rotatable bonds is 49. The average molecular weight is 895 g/mol. The molecule has 64 heavy (non-hydrogen) atoms. The lowest BCUT2D eigenvalue weighted by atomic mass is 10.0. The van der Waals surface area contributed by atoms with Gasteiger partial charge >= 0.3 is 17.9 Å². The van der Waals surface area contributed by atoms with Crippen LogP contribution in [0.2, 0.25) is 0 Å². The highest BCUT2D eigenvalue weighted by molar-refractivity contribution is 5.71. The van der Waals surface area contributed by atoms with Crippen molar-refractivity contribution in [3.05, 3.63) is 60.8 Å². The van der Waals surface area contributed by atoms with Crippen LogP contribution in [0.15, 0.2) is 60.8 Å². The van der Waals surface area contributed by atoms with Gasteiger partial charge in [0, 0.05) is 19.3 Å². The molecule has 0 aliphatic rings. The molecular weight excluding hydrogens is 793 g/mol. The fraction of sp³-hybridized carbons (Fsp3) is 0.776. The SMILES string of the molecule is CC/C=C\C/C=C\C/C=C\CCCCCCCCCC(=O)OCC(COC(=O)CCCCCCCCCCCCCCCC)OC(=O)CCCCCCC/C=C\C/C=C\CCCCC. The van der Waals surface area contributed by atoms with Crippen LogP contribution in [0.5, 0.6) is 0 Å². The lowest BCUT2D eigenvalue weighted by Gasteiger charge is -2.18. The molecule has 0 radical (unpaired) electrons. The van der Waals surface area contributed by atoms with Crippen LogP contribution in [-0.4, -0.2) is 37.2 Å². The van der Waals surface area contributed by atoms with Crippen LogP contribution in [0, 0.1) is 0 Å². The predicted molar refractivity (Wildman–Crippen MR) is 275 cm³/mol. The second-order valence-corrected chi connectivity index (χ2v) is 18.1. The zero-order valence-corrected chi connectivity index (χ0v) is 42.3. The van der Waals surface area contributed by atoms with Gasteiger partial charge in [-0.2, -0.15) is 0 Å². The second-order valence-electron chi connectivity index (χ2n) is 18.1. The van der Waals surface area contributed by atoms with Gasteiger partial charge in [-0.25, -0.2) is 0 Å². The molecule has 0 fully saturated rings. The monoisotopic (exact) mass is 895 g/mol. The highest BCUT2D eigenvalue weighted by Crippen LogP contribution is 2.15. The van der Waals surface area contributed by atoms with Crippen molar-refractivity contribution in [1.82, 2.24) is 0 Å². The summed E-state index contributed by atoms with van der Waals surface area (Å²) in [4.78, 5) is 38.1. The molecule has 1 unspecified atom stereocenters. The summed E-state index contributed by atoms with van der Waals surface area (Å²) in [6, 6.07) is 0. The molecule has 0 aromatic carbocycles. The normalized spacial score (nSPS) is 12.5. The zero-order valence-electron chi connectivity index (χ0n) is 42.3. The molecule has 0 bridgehead atoms. The van der Waals surface area contributed by atoms with E-state index in [4.69, 9.17) is 14.2 Å². The van der Waals surface area contributed by atoms with Gasteiger partial charge in [-0.1, -0.05) is 229 Å². The molecule has 6 heteroatoms. The lowest BCUT2D eigenvalue weighted by molar-refractivity contribution is -0.167. The third kappa shape index (κ3) is 50.1. The van der Waals surface area contributed by atoms with Crippen molar-refractivity contribution in [1.29, 1.82) is 0 Å². The minimum absolute atomic E-state index is 0.0809. The van der Waals surface area contributed by atoms with Gasteiger partial charge in [-0.3, -0.25) is 14.4 Å². The van der Waals surface area contributed by atoms with E-state index in [0.717, 1.165) is 109 Å². The van der Waals surface area contributed by atoms with Crippen molar-refractivity contribution in [3.8, 4) is 0 Å². The number of allylic oxidation sites excluding steroid dienone is 10. The van der Waals surface area contributed by atoms with Crippen molar-refractivity contribution in [2.24, 2.45) is 0 Å². The molecule has 0 heterocycles. The third-order valence-corrected chi connectivity index (χ3v) is 11.8. The topological polar surface area (TPSA) is 78.9 Å². The minimum Gasteiger partial charge on any atom is -0.462 e. The van der Waals surface area contributed by atoms with Gasteiger partial charge in [0.1, 0.15) is 13.2 Å². The maximum atomic E-state index is 12.8. The third-order valence-electron chi connectivity index (χ3n) is 11.8. The summed E-state index contributed by atoms with van der Waals surface area (Å²) >= 11 is 0. The van der Waals surface area contributed by atoms with Crippen LogP contribution in [0.4, 0.5) is 0 Å². The molecule has 0 saturated heterocycles. The second kappa shape index (κ2) is 52.7. The Hall–Kier alpha value is -2.89. The molecule has 0 amide bonds. The summed E-state index contributed by atoms with van der Waals surface area (Å²) in [5, 5.41) is 0. The van der Waals surface area contributed by atoms with Crippen LogP contribution in [0.25, 0.3) is 0 Å². The molecule has 370 valence electrons. The smallest absolute Gasteiger partial charge is 0.306 e. The van der Waals surface area contributed by atoms with E-state index in [2.05, 4.69) is 81.5 Å². The Labute approximate surface area is 396 Å². The number of carbonyl (C=O) groups is 3. The van der Waals surface area contributed by atoms with E-state index in [0.29, 0.717) is 19.3 Å². The molecule has 0 N–H and O–H groups in total. The summed E-state index contributed by atoms with van der Waals surface area (Å²) in [5.74, 6) is -0.896. The lowest BCUT2D eigenvalue weighted by Crippen LogP contribution is -2.30. The van der Waals surface area contributed by atoms with Gasteiger partial charge in [0.15, 0.2) is 6.10 Å². The quantitative estimate of drug-likeness (QED) is 0.0262. The Morgan fingerprint density at radius 1 is 0.328 bits per heavy atom. The summed E-state index contributed by atoms with van der Waals surface area (Å²) < 4.78 is 16.8. The number of unbranched alkanes of at least 4 members (excludes halogenated alkanes) is 28. The van der Waals surface area contributed by atoms with Crippen molar-refractivity contribution in [2.45, 2.75) is 277 Å². The van der Waals surface area contributed by atoms with Gasteiger partial charge in [0.25, 0.3) is 0 Å². The molecular formula is C58H102O6. The van der Waals surface area contributed by atoms with E-state index in [1.165, 1.54) is 122 Å². The van der Waals surface area contributed by atoms with Gasteiger partial charge in [0.05, 0.1) is 0 Å². The minimum atomic E-state index is -0.783.